The zero-order chi connectivity index (χ0) is 67.0. The Balaban J connectivity index is 0.000000365. The molecule has 1 radical (unpaired) electrons. The van der Waals surface area contributed by atoms with Crippen LogP contribution in [0.1, 0.15) is 149 Å². The number of hydrogen-bond acceptors (Lipinski definition) is 8. The van der Waals surface area contributed by atoms with Crippen LogP contribution in [-0.2, 0) is 64.4 Å². The van der Waals surface area contributed by atoms with E-state index in [9.17, 15) is 31.0 Å². The van der Waals surface area contributed by atoms with Gasteiger partial charge in [-0.3, -0.25) is 0 Å². The SMILES string of the molecule is C1CCSCC1.CC(C)(C)c1ccc([I+]c2ccc(C(C)(C)C)cc2)cc1.CC(C)(C)c1ccc([S+]2CCCCC2)cc1.Cc1ccc(S(=O)(=O)[O-])cc1.Cc1ccc(S(=O)(=O)[OH2+])cc1.Clc1ccccc1.O=C(O)c1ccccc1.O=C(O)c1ccccc1.[Cu]. The Bertz CT molecular complexity index is 3350. The van der Waals surface area contributed by atoms with Crippen molar-refractivity contribution in [3.8, 4) is 0 Å². The van der Waals surface area contributed by atoms with Crippen LogP contribution in [0.3, 0.4) is 0 Å². The summed E-state index contributed by atoms with van der Waals surface area (Å²) in [7, 11) is -7.48. The summed E-state index contributed by atoms with van der Waals surface area (Å²) < 4.78 is 62.1. The van der Waals surface area contributed by atoms with Gasteiger partial charge < -0.3 is 19.3 Å². The first-order valence-electron chi connectivity index (χ1n) is 29.8. The van der Waals surface area contributed by atoms with Crippen molar-refractivity contribution in [2.45, 2.75) is 146 Å². The number of carboxylic acids is 2. The molecule has 0 aromatic heterocycles. The maximum absolute atomic E-state index is 10.6. The van der Waals surface area contributed by atoms with E-state index in [2.05, 4.69) is 147 Å². The van der Waals surface area contributed by atoms with Crippen LogP contribution in [0.25, 0.3) is 0 Å². The number of benzene rings is 8. The minimum atomic E-state index is -4.27. The van der Waals surface area contributed by atoms with E-state index in [0.29, 0.717) is 22.0 Å². The summed E-state index contributed by atoms with van der Waals surface area (Å²) in [6.07, 6.45) is 8.72. The molecule has 4 N–H and O–H groups in total. The van der Waals surface area contributed by atoms with Gasteiger partial charge in [0.05, 0.1) is 16.0 Å². The van der Waals surface area contributed by atoms with Crippen molar-refractivity contribution in [3.05, 3.63) is 263 Å². The molecule has 91 heavy (non-hydrogen) atoms. The predicted molar refractivity (Wildman–Crippen MR) is 373 cm³/mol. The van der Waals surface area contributed by atoms with Gasteiger partial charge in [0.2, 0.25) is 0 Å². The molecule has 0 spiro atoms. The van der Waals surface area contributed by atoms with Gasteiger partial charge >= 0.3 is 43.3 Å². The van der Waals surface area contributed by atoms with E-state index in [1.165, 1.54) is 110 Å². The molecule has 2 saturated heterocycles. The van der Waals surface area contributed by atoms with Gasteiger partial charge in [0.1, 0.15) is 26.5 Å². The fourth-order valence-electron chi connectivity index (χ4n) is 8.05. The van der Waals surface area contributed by atoms with Crippen molar-refractivity contribution in [2.24, 2.45) is 0 Å². The van der Waals surface area contributed by atoms with Crippen LogP contribution in [0.4, 0.5) is 0 Å². The number of halogens is 2. The van der Waals surface area contributed by atoms with E-state index in [-0.39, 0.29) is 64.3 Å². The van der Waals surface area contributed by atoms with Crippen LogP contribution < -0.4 is 21.2 Å². The first-order valence-corrected chi connectivity index (χ1v) is 38.0. The van der Waals surface area contributed by atoms with Gasteiger partial charge in [-0.1, -0.05) is 207 Å². The van der Waals surface area contributed by atoms with Crippen molar-refractivity contribution < 1.29 is 84.0 Å². The number of rotatable bonds is 7. The number of aryl methyl sites for hydroxylation is 2. The Morgan fingerprint density at radius 1 is 0.473 bits per heavy atom. The molecule has 8 aromatic carbocycles. The Morgan fingerprint density at radius 3 is 1.04 bits per heavy atom. The van der Waals surface area contributed by atoms with Crippen LogP contribution >= 0.6 is 23.4 Å². The Kier molecular flexibility index (Phi) is 37.3. The van der Waals surface area contributed by atoms with Gasteiger partial charge in [-0.05, 0) is 187 Å². The number of hydrogen-bond donors (Lipinski definition) is 2. The summed E-state index contributed by atoms with van der Waals surface area (Å²) in [5, 5.41) is 17.6. The topological polar surface area (TPSA) is 189 Å². The zero-order valence-corrected chi connectivity index (χ0v) is 61.3. The third-order valence-electron chi connectivity index (χ3n) is 13.5. The quantitative estimate of drug-likeness (QED) is 0.0672. The maximum atomic E-state index is 10.6. The molecule has 0 saturated carbocycles. The van der Waals surface area contributed by atoms with E-state index in [1.807, 2.05) is 44.2 Å². The van der Waals surface area contributed by atoms with Crippen molar-refractivity contribution >= 4 is 66.4 Å². The van der Waals surface area contributed by atoms with E-state index in [0.717, 1.165) is 16.1 Å². The smallest absolute Gasteiger partial charge is 0.409 e. The number of thioether (sulfide) groups is 1. The molecule has 2 fully saturated rings. The van der Waals surface area contributed by atoms with Crippen LogP contribution in [-0.4, -0.2) is 71.1 Å². The molecule has 8 aromatic rings. The normalized spacial score (nSPS) is 12.9. The second-order valence-electron chi connectivity index (χ2n) is 24.2. The summed E-state index contributed by atoms with van der Waals surface area (Å²) in [5.74, 6) is 3.93. The third kappa shape index (κ3) is 35.0. The van der Waals surface area contributed by atoms with Crippen molar-refractivity contribution in [1.29, 1.82) is 0 Å². The molecule has 2 aliphatic heterocycles. The molecule has 17 heteroatoms. The van der Waals surface area contributed by atoms with E-state index in [1.54, 1.807) is 89.8 Å². The monoisotopic (exact) mass is 1490 g/mol. The van der Waals surface area contributed by atoms with Gasteiger partial charge in [0.15, 0.2) is 12.0 Å². The van der Waals surface area contributed by atoms with E-state index >= 15 is 0 Å². The van der Waals surface area contributed by atoms with Gasteiger partial charge in [0.25, 0.3) is 0 Å². The number of aromatic carboxylic acids is 2. The van der Waals surface area contributed by atoms with Gasteiger partial charge in [-0.2, -0.15) is 11.8 Å². The molecule has 10 rings (SSSR count). The van der Waals surface area contributed by atoms with Crippen LogP contribution in [0.2, 0.25) is 5.02 Å². The van der Waals surface area contributed by atoms with Crippen molar-refractivity contribution in [3.63, 3.8) is 0 Å². The summed E-state index contributed by atoms with van der Waals surface area (Å²) in [5.41, 5.74) is 7.63. The van der Waals surface area contributed by atoms with Crippen molar-refractivity contribution in [2.75, 3.05) is 23.0 Å². The molecule has 2 heterocycles. The first kappa shape index (κ1) is 81.9. The predicted octanol–water partition coefficient (Wildman–Crippen LogP) is 14.9. The van der Waals surface area contributed by atoms with Crippen LogP contribution in [0, 0.1) is 21.0 Å². The van der Waals surface area contributed by atoms with Crippen molar-refractivity contribution in [1.82, 2.24) is 0 Å². The summed E-state index contributed by atoms with van der Waals surface area (Å²) in [4.78, 5) is 21.9. The largest absolute Gasteiger partial charge is 0.744 e. The van der Waals surface area contributed by atoms with Gasteiger partial charge in [0, 0.05) is 33.0 Å². The molecule has 495 valence electrons. The molecule has 0 unspecified atom stereocenters. The molecule has 0 atom stereocenters. The average Bonchev–Trinajstić information content (AvgIpc) is 3.11. The maximum Gasteiger partial charge on any atom is 0.409 e. The standard InChI is InChI=1S/C20H26I.C15H23S.2C7H8O3S.2C7H6O2.C6H5Cl.C5H10S.Cu/c1-19(2,3)15-7-11-17(12-8-15)21-18-13-9-16(10-14-18)20(4,5)6;1-15(2,3)13-7-9-14(10-8-13)16-11-5-4-6-12-16;2*1-6-2-4-7(5-3-6)11(8,9)10;2*8-7(9)6-4-2-1-3-5-6;7-6-4-2-1-3-5-6;1-2-4-6-5-3-1;/h7-14H,1-6H3;7-10H,4-6,11-12H2,1-3H3;2*2-5H,1H3,(H,8,9,10);2*1-5H,(H,8,9);1-5H;1-5H2;/q2*+1;;;;;;;. The molecule has 0 bridgehead atoms. The average molecular weight is 1500 g/mol. The molecule has 2 aliphatic rings. The molecular weight excluding hydrogens is 1400 g/mol. The van der Waals surface area contributed by atoms with Gasteiger partial charge in [-0.15, -0.1) is 8.42 Å². The van der Waals surface area contributed by atoms with Crippen LogP contribution in [0.15, 0.2) is 227 Å². The number of carboxylic acid groups (broad SMARTS) is 2. The third-order valence-corrected chi connectivity index (χ3v) is 21.8. The summed E-state index contributed by atoms with van der Waals surface area (Å²) >= 11 is 7.56. The summed E-state index contributed by atoms with van der Waals surface area (Å²) in [6, 6.07) is 65.8. The first-order chi connectivity index (χ1) is 42.2. The Hall–Kier alpha value is -5.24. The summed E-state index contributed by atoms with van der Waals surface area (Å²) in [6.45, 7) is 24.1. The zero-order valence-electron chi connectivity index (χ0n) is 54.2. The minimum Gasteiger partial charge on any atom is -0.744 e. The number of carbonyl (C=O) groups is 2. The minimum absolute atomic E-state index is 0. The van der Waals surface area contributed by atoms with Gasteiger partial charge in [-0.25, -0.2) is 18.0 Å². The van der Waals surface area contributed by atoms with E-state index in [4.69, 9.17) is 26.4 Å². The molecule has 0 aliphatic carbocycles. The fourth-order valence-corrected chi connectivity index (χ4v) is 14.6. The fraction of sp³-hybridized carbons (Fsp3) is 0.324. The van der Waals surface area contributed by atoms with E-state index < -0.39 is 32.2 Å². The Morgan fingerprint density at radius 2 is 0.791 bits per heavy atom. The second kappa shape index (κ2) is 41.5. The molecule has 0 amide bonds. The second-order valence-corrected chi connectivity index (χ2v) is 34.1. The molecule has 10 nitrogen and oxygen atoms in total. The van der Waals surface area contributed by atoms with Crippen LogP contribution in [0.5, 0.6) is 0 Å². The molecular formula is C74H92ClCuIO10S4+2. The Labute approximate surface area is 577 Å².